The smallest absolute Gasteiger partial charge is 0.344 e. The number of furan rings is 1. The van der Waals surface area contributed by atoms with Crippen molar-refractivity contribution in [1.29, 1.82) is 0 Å². The molecule has 0 N–H and O–H groups in total. The minimum atomic E-state index is -0.804. The predicted molar refractivity (Wildman–Crippen MR) is 95.5 cm³/mol. The maximum Gasteiger partial charge on any atom is 0.344 e. The third kappa shape index (κ3) is 3.63. The number of ether oxygens (including phenoxy) is 2. The highest BCUT2D eigenvalue weighted by atomic mass is 35.5. The zero-order valence-electron chi connectivity index (χ0n) is 15.2. The van der Waals surface area contributed by atoms with Gasteiger partial charge >= 0.3 is 11.9 Å². The average molecular weight is 408 g/mol. The Morgan fingerprint density at radius 1 is 1.21 bits per heavy atom. The molecule has 3 rings (SSSR count). The van der Waals surface area contributed by atoms with Gasteiger partial charge in [-0.05, 0) is 32.0 Å². The number of benzene rings is 1. The van der Waals surface area contributed by atoms with E-state index in [0.29, 0.717) is 5.76 Å². The molecular weight excluding hydrogens is 393 g/mol. The zero-order chi connectivity index (χ0) is 20.4. The van der Waals surface area contributed by atoms with Gasteiger partial charge in [0.2, 0.25) is 0 Å². The van der Waals surface area contributed by atoms with Crippen LogP contribution in [0.1, 0.15) is 38.0 Å². The van der Waals surface area contributed by atoms with Crippen LogP contribution in [-0.2, 0) is 16.1 Å². The van der Waals surface area contributed by atoms with Gasteiger partial charge in [-0.2, -0.15) is 0 Å². The molecule has 146 valence electrons. The second-order valence-electron chi connectivity index (χ2n) is 5.81. The van der Waals surface area contributed by atoms with Crippen LogP contribution in [0.15, 0.2) is 33.2 Å². The summed E-state index contributed by atoms with van der Waals surface area (Å²) in [5, 5.41) is 3.83. The lowest BCUT2D eigenvalue weighted by molar-refractivity contribution is 0.0442. The molecule has 7 nitrogen and oxygen atoms in total. The Morgan fingerprint density at radius 2 is 1.96 bits per heavy atom. The molecule has 28 heavy (non-hydrogen) atoms. The highest BCUT2D eigenvalue weighted by Crippen LogP contribution is 2.33. The summed E-state index contributed by atoms with van der Waals surface area (Å²) in [6, 6.07) is 5.52. The van der Waals surface area contributed by atoms with E-state index in [-0.39, 0.29) is 45.5 Å². The molecule has 0 aliphatic carbocycles. The fraction of sp³-hybridized carbons (Fsp3) is 0.211. The highest BCUT2D eigenvalue weighted by molar-refractivity contribution is 6.33. The van der Waals surface area contributed by atoms with Crippen LogP contribution < -0.4 is 0 Å². The van der Waals surface area contributed by atoms with Gasteiger partial charge in [-0.25, -0.2) is 14.0 Å². The molecule has 2 aromatic heterocycles. The van der Waals surface area contributed by atoms with E-state index in [0.717, 1.165) is 0 Å². The van der Waals surface area contributed by atoms with E-state index < -0.39 is 17.8 Å². The number of carbonyl (C=O) groups is 2. The lowest BCUT2D eigenvalue weighted by Gasteiger charge is -2.06. The second-order valence-corrected chi connectivity index (χ2v) is 6.22. The number of hydrogen-bond donors (Lipinski definition) is 0. The van der Waals surface area contributed by atoms with Gasteiger partial charge in [0.05, 0.1) is 17.7 Å². The maximum absolute atomic E-state index is 14.2. The quantitative estimate of drug-likeness (QED) is 0.575. The van der Waals surface area contributed by atoms with Crippen LogP contribution in [0.25, 0.3) is 11.3 Å². The summed E-state index contributed by atoms with van der Waals surface area (Å²) >= 11 is 6.05. The molecule has 0 aliphatic heterocycles. The number of hydrogen-bond acceptors (Lipinski definition) is 7. The summed E-state index contributed by atoms with van der Waals surface area (Å²) in [4.78, 5) is 24.2. The van der Waals surface area contributed by atoms with Gasteiger partial charge in [-0.15, -0.1) is 0 Å². The molecule has 2 heterocycles. The van der Waals surface area contributed by atoms with Crippen LogP contribution >= 0.6 is 11.6 Å². The van der Waals surface area contributed by atoms with E-state index in [1.165, 1.54) is 38.3 Å². The van der Waals surface area contributed by atoms with Gasteiger partial charge in [-0.1, -0.05) is 22.8 Å². The number of methoxy groups -OCH3 is 1. The lowest BCUT2D eigenvalue weighted by atomic mass is 10.1. The first-order valence-electron chi connectivity index (χ1n) is 8.08. The summed E-state index contributed by atoms with van der Waals surface area (Å²) in [7, 11) is 1.25. The Labute approximate surface area is 164 Å². The van der Waals surface area contributed by atoms with Crippen molar-refractivity contribution in [2.24, 2.45) is 0 Å². The van der Waals surface area contributed by atoms with E-state index in [4.69, 9.17) is 25.3 Å². The van der Waals surface area contributed by atoms with Crippen molar-refractivity contribution < 1.29 is 32.4 Å². The molecule has 0 unspecified atom stereocenters. The number of esters is 2. The van der Waals surface area contributed by atoms with Gasteiger partial charge in [-0.3, -0.25) is 0 Å². The van der Waals surface area contributed by atoms with Crippen LogP contribution in [0.5, 0.6) is 0 Å². The summed E-state index contributed by atoms with van der Waals surface area (Å²) in [5.41, 5.74) is 0.0586. The Morgan fingerprint density at radius 3 is 2.64 bits per heavy atom. The number of carbonyl (C=O) groups excluding carboxylic acids is 2. The molecule has 0 fully saturated rings. The number of rotatable bonds is 5. The van der Waals surface area contributed by atoms with Crippen LogP contribution in [-0.4, -0.2) is 24.2 Å². The Kier molecular flexibility index (Phi) is 5.51. The molecule has 0 aliphatic rings. The van der Waals surface area contributed by atoms with Crippen LogP contribution in [0.4, 0.5) is 4.39 Å². The van der Waals surface area contributed by atoms with Crippen molar-refractivity contribution in [2.45, 2.75) is 20.5 Å². The summed E-state index contributed by atoms with van der Waals surface area (Å²) < 4.78 is 34.5. The van der Waals surface area contributed by atoms with E-state index in [2.05, 4.69) is 9.89 Å². The fourth-order valence-corrected chi connectivity index (χ4v) is 2.90. The van der Waals surface area contributed by atoms with E-state index in [1.54, 1.807) is 6.92 Å². The number of aromatic nitrogens is 1. The van der Waals surface area contributed by atoms with Crippen LogP contribution in [0.2, 0.25) is 5.02 Å². The van der Waals surface area contributed by atoms with Gasteiger partial charge in [0.15, 0.2) is 0 Å². The largest absolute Gasteiger partial charge is 0.465 e. The van der Waals surface area contributed by atoms with Gasteiger partial charge < -0.3 is 18.4 Å². The fourth-order valence-electron chi connectivity index (χ4n) is 2.64. The predicted octanol–water partition coefficient (Wildman–Crippen LogP) is 4.49. The zero-order valence-corrected chi connectivity index (χ0v) is 15.9. The first kappa shape index (κ1) is 19.6. The molecule has 9 heteroatoms. The molecule has 0 amide bonds. The van der Waals surface area contributed by atoms with Gasteiger partial charge in [0.1, 0.15) is 46.5 Å². The Balaban J connectivity index is 1.85. The van der Waals surface area contributed by atoms with E-state index >= 15 is 0 Å². The Hall–Kier alpha value is -3.13. The lowest BCUT2D eigenvalue weighted by Crippen LogP contribution is -2.07. The Bertz CT molecular complexity index is 1030. The minimum Gasteiger partial charge on any atom is -0.465 e. The third-order valence-corrected chi connectivity index (χ3v) is 4.30. The molecule has 0 spiro atoms. The van der Waals surface area contributed by atoms with Crippen molar-refractivity contribution in [1.82, 2.24) is 5.16 Å². The molecule has 0 radical (unpaired) electrons. The molecule has 3 aromatic rings. The standard InChI is InChI=1S/C19H15ClFNO6/c1-9-12(18(23)25-3)7-11(27-9)8-26-19(24)15-10(2)28-22-17(15)16-13(20)5-4-6-14(16)21/h4-7H,8H2,1-3H3. The monoisotopic (exact) mass is 407 g/mol. The topological polar surface area (TPSA) is 91.8 Å². The second kappa shape index (κ2) is 7.85. The molecule has 0 bridgehead atoms. The third-order valence-electron chi connectivity index (χ3n) is 3.99. The van der Waals surface area contributed by atoms with Crippen LogP contribution in [0.3, 0.4) is 0 Å². The molecular formula is C19H15ClFNO6. The molecule has 0 saturated carbocycles. The van der Waals surface area contributed by atoms with E-state index in [9.17, 15) is 14.0 Å². The van der Waals surface area contributed by atoms with Gasteiger partial charge in [0.25, 0.3) is 0 Å². The average Bonchev–Trinajstić information content (AvgIpc) is 3.22. The van der Waals surface area contributed by atoms with Crippen molar-refractivity contribution in [3.05, 3.63) is 63.5 Å². The normalized spacial score (nSPS) is 10.8. The van der Waals surface area contributed by atoms with Crippen molar-refractivity contribution in [3.8, 4) is 11.3 Å². The summed E-state index contributed by atoms with van der Waals surface area (Å²) in [6.45, 7) is 2.82. The highest BCUT2D eigenvalue weighted by Gasteiger charge is 2.27. The molecule has 0 saturated heterocycles. The number of aryl methyl sites for hydroxylation is 2. The summed E-state index contributed by atoms with van der Waals surface area (Å²) in [6.07, 6.45) is 0. The molecule has 1 aromatic carbocycles. The minimum absolute atomic E-state index is 0.0523. The first-order chi connectivity index (χ1) is 13.3. The molecule has 0 atom stereocenters. The van der Waals surface area contributed by atoms with Crippen molar-refractivity contribution in [3.63, 3.8) is 0 Å². The number of halogens is 2. The van der Waals surface area contributed by atoms with Crippen LogP contribution in [0, 0.1) is 19.7 Å². The van der Waals surface area contributed by atoms with Crippen molar-refractivity contribution in [2.75, 3.05) is 7.11 Å². The number of nitrogens with zero attached hydrogens (tertiary/aromatic N) is 1. The first-order valence-corrected chi connectivity index (χ1v) is 8.46. The van der Waals surface area contributed by atoms with Crippen molar-refractivity contribution >= 4 is 23.5 Å². The van der Waals surface area contributed by atoms with Gasteiger partial charge in [0, 0.05) is 0 Å². The van der Waals surface area contributed by atoms with E-state index in [1.807, 2.05) is 0 Å². The summed E-state index contributed by atoms with van der Waals surface area (Å²) in [5.74, 6) is -1.31. The maximum atomic E-state index is 14.2. The SMILES string of the molecule is COC(=O)c1cc(COC(=O)c2c(-c3c(F)cccc3Cl)noc2C)oc1C.